The molecule has 0 aliphatic carbocycles. The summed E-state index contributed by atoms with van der Waals surface area (Å²) in [4.78, 5) is 37.0. The number of nitrogens with zero attached hydrogens (tertiary/aromatic N) is 1. The standard InChI is InChI=1S/C15H18N2O4/c1-3-17-12(18)9-11(14(17)19)16-13(15(20)21-2)10-7-5-4-6-8-10/h4-8,11,13,16H,3,9H2,1-2H3. The van der Waals surface area contributed by atoms with Crippen LogP contribution in [0, 0.1) is 0 Å². The number of rotatable bonds is 5. The minimum Gasteiger partial charge on any atom is -0.468 e. The molecule has 1 N–H and O–H groups in total. The molecule has 0 spiro atoms. The zero-order valence-electron chi connectivity index (χ0n) is 12.0. The summed E-state index contributed by atoms with van der Waals surface area (Å²) in [7, 11) is 1.29. The molecule has 1 aliphatic rings. The lowest BCUT2D eigenvalue weighted by Gasteiger charge is -2.20. The molecular formula is C15H18N2O4. The third-order valence-corrected chi connectivity index (χ3v) is 3.50. The smallest absolute Gasteiger partial charge is 0.327 e. The van der Waals surface area contributed by atoms with E-state index in [4.69, 9.17) is 4.74 Å². The predicted molar refractivity (Wildman–Crippen MR) is 75.1 cm³/mol. The molecule has 2 amide bonds. The first-order valence-corrected chi connectivity index (χ1v) is 6.81. The van der Waals surface area contributed by atoms with Crippen LogP contribution in [0.5, 0.6) is 0 Å². The van der Waals surface area contributed by atoms with Crippen LogP contribution in [0.3, 0.4) is 0 Å². The van der Waals surface area contributed by atoms with Crippen molar-refractivity contribution in [3.8, 4) is 0 Å². The second-order valence-electron chi connectivity index (χ2n) is 4.77. The van der Waals surface area contributed by atoms with Crippen LogP contribution in [-0.2, 0) is 19.1 Å². The Hall–Kier alpha value is -2.21. The number of imide groups is 1. The molecule has 2 rings (SSSR count). The van der Waals surface area contributed by atoms with Crippen molar-refractivity contribution in [3.05, 3.63) is 35.9 Å². The van der Waals surface area contributed by atoms with Crippen molar-refractivity contribution < 1.29 is 19.1 Å². The van der Waals surface area contributed by atoms with Crippen molar-refractivity contribution in [2.24, 2.45) is 0 Å². The summed E-state index contributed by atoms with van der Waals surface area (Å²) in [6, 6.07) is 7.51. The van der Waals surface area contributed by atoms with Crippen LogP contribution in [0.15, 0.2) is 30.3 Å². The van der Waals surface area contributed by atoms with Gasteiger partial charge in [-0.1, -0.05) is 30.3 Å². The van der Waals surface area contributed by atoms with Crippen LogP contribution < -0.4 is 5.32 Å². The molecule has 21 heavy (non-hydrogen) atoms. The summed E-state index contributed by atoms with van der Waals surface area (Å²) in [5, 5.41) is 2.94. The average molecular weight is 290 g/mol. The first kappa shape index (κ1) is 15.2. The number of likely N-dealkylation sites (N-methyl/N-ethyl adjacent to an activating group) is 1. The highest BCUT2D eigenvalue weighted by Crippen LogP contribution is 2.20. The highest BCUT2D eigenvalue weighted by Gasteiger charge is 2.39. The monoisotopic (exact) mass is 290 g/mol. The fraction of sp³-hybridized carbons (Fsp3) is 0.400. The number of esters is 1. The van der Waals surface area contributed by atoms with Gasteiger partial charge in [0.25, 0.3) is 0 Å². The van der Waals surface area contributed by atoms with Gasteiger partial charge in [-0.3, -0.25) is 19.8 Å². The Morgan fingerprint density at radius 1 is 1.38 bits per heavy atom. The van der Waals surface area contributed by atoms with Crippen LogP contribution >= 0.6 is 0 Å². The second-order valence-corrected chi connectivity index (χ2v) is 4.77. The number of carbonyl (C=O) groups excluding carboxylic acids is 3. The summed E-state index contributed by atoms with van der Waals surface area (Å²) in [6.45, 7) is 2.08. The molecule has 6 heteroatoms. The van der Waals surface area contributed by atoms with E-state index >= 15 is 0 Å². The Balaban J connectivity index is 2.19. The van der Waals surface area contributed by atoms with Crippen LogP contribution in [0.25, 0.3) is 0 Å². The first-order chi connectivity index (χ1) is 10.1. The van der Waals surface area contributed by atoms with Gasteiger partial charge in [0.05, 0.1) is 19.6 Å². The van der Waals surface area contributed by atoms with Crippen molar-refractivity contribution >= 4 is 17.8 Å². The molecule has 1 heterocycles. The fourth-order valence-corrected chi connectivity index (χ4v) is 2.41. The van der Waals surface area contributed by atoms with Gasteiger partial charge >= 0.3 is 5.97 Å². The molecule has 6 nitrogen and oxygen atoms in total. The number of methoxy groups -OCH3 is 1. The molecule has 1 fully saturated rings. The Labute approximate surface area is 123 Å². The highest BCUT2D eigenvalue weighted by molar-refractivity contribution is 6.05. The lowest BCUT2D eigenvalue weighted by Crippen LogP contribution is -2.43. The summed E-state index contributed by atoms with van der Waals surface area (Å²) < 4.78 is 4.78. The van der Waals surface area contributed by atoms with E-state index in [2.05, 4.69) is 5.32 Å². The van der Waals surface area contributed by atoms with E-state index in [1.807, 2.05) is 6.07 Å². The van der Waals surface area contributed by atoms with Gasteiger partial charge in [0.1, 0.15) is 6.04 Å². The van der Waals surface area contributed by atoms with Crippen molar-refractivity contribution in [3.63, 3.8) is 0 Å². The van der Waals surface area contributed by atoms with E-state index in [-0.39, 0.29) is 18.2 Å². The lowest BCUT2D eigenvalue weighted by atomic mass is 10.1. The number of benzene rings is 1. The number of hydrogen-bond donors (Lipinski definition) is 1. The Kier molecular flexibility index (Phi) is 4.70. The van der Waals surface area contributed by atoms with Crippen LogP contribution in [0.4, 0.5) is 0 Å². The molecule has 1 aromatic carbocycles. The molecule has 2 atom stereocenters. The number of carbonyl (C=O) groups is 3. The third kappa shape index (κ3) is 3.11. The minimum absolute atomic E-state index is 0.0625. The molecule has 0 aromatic heterocycles. The predicted octanol–water partition coefficient (Wildman–Crippen LogP) is 0.638. The Bertz CT molecular complexity index is 544. The third-order valence-electron chi connectivity index (χ3n) is 3.50. The molecule has 112 valence electrons. The largest absolute Gasteiger partial charge is 0.468 e. The molecule has 1 aromatic rings. The quantitative estimate of drug-likeness (QED) is 0.636. The maximum absolute atomic E-state index is 12.1. The number of hydrogen-bond acceptors (Lipinski definition) is 5. The van der Waals surface area contributed by atoms with Crippen LogP contribution in [-0.4, -0.2) is 42.4 Å². The van der Waals surface area contributed by atoms with E-state index in [1.165, 1.54) is 12.0 Å². The molecule has 2 unspecified atom stereocenters. The number of nitrogens with one attached hydrogen (secondary N) is 1. The van der Waals surface area contributed by atoms with Crippen molar-refractivity contribution in [2.75, 3.05) is 13.7 Å². The Morgan fingerprint density at radius 2 is 2.05 bits per heavy atom. The molecule has 0 radical (unpaired) electrons. The number of ether oxygens (including phenoxy) is 1. The van der Waals surface area contributed by atoms with Gasteiger partial charge in [0, 0.05) is 6.54 Å². The van der Waals surface area contributed by atoms with Gasteiger partial charge in [0.2, 0.25) is 11.8 Å². The van der Waals surface area contributed by atoms with Crippen molar-refractivity contribution in [2.45, 2.75) is 25.4 Å². The van der Waals surface area contributed by atoms with Gasteiger partial charge in [0.15, 0.2) is 0 Å². The molecular weight excluding hydrogens is 272 g/mol. The summed E-state index contributed by atoms with van der Waals surface area (Å²) in [6.07, 6.45) is 0.0625. The topological polar surface area (TPSA) is 75.7 Å². The summed E-state index contributed by atoms with van der Waals surface area (Å²) >= 11 is 0. The van der Waals surface area contributed by atoms with Gasteiger partial charge in [-0.05, 0) is 12.5 Å². The van der Waals surface area contributed by atoms with E-state index in [0.717, 1.165) is 0 Å². The second kappa shape index (κ2) is 6.49. The summed E-state index contributed by atoms with van der Waals surface area (Å²) in [5.41, 5.74) is 0.694. The number of likely N-dealkylation sites (tertiary alicyclic amines) is 1. The first-order valence-electron chi connectivity index (χ1n) is 6.81. The van der Waals surface area contributed by atoms with Gasteiger partial charge in [-0.15, -0.1) is 0 Å². The fourth-order valence-electron chi connectivity index (χ4n) is 2.41. The zero-order valence-corrected chi connectivity index (χ0v) is 12.0. The average Bonchev–Trinajstić information content (AvgIpc) is 2.78. The molecule has 0 bridgehead atoms. The SMILES string of the molecule is CCN1C(=O)CC(NC(C(=O)OC)c2ccccc2)C1=O. The van der Waals surface area contributed by atoms with Gasteiger partial charge < -0.3 is 4.74 Å². The van der Waals surface area contributed by atoms with E-state index < -0.39 is 18.1 Å². The van der Waals surface area contributed by atoms with E-state index in [0.29, 0.717) is 12.1 Å². The minimum atomic E-state index is -0.769. The normalized spacial score (nSPS) is 19.7. The van der Waals surface area contributed by atoms with Gasteiger partial charge in [-0.25, -0.2) is 4.79 Å². The number of amides is 2. The van der Waals surface area contributed by atoms with Crippen molar-refractivity contribution in [1.29, 1.82) is 0 Å². The lowest BCUT2D eigenvalue weighted by molar-refractivity contribution is -0.143. The molecule has 1 aliphatic heterocycles. The van der Waals surface area contributed by atoms with E-state index in [1.54, 1.807) is 31.2 Å². The molecule has 1 saturated heterocycles. The summed E-state index contributed by atoms with van der Waals surface area (Å²) in [5.74, 6) is -1.01. The zero-order chi connectivity index (χ0) is 15.4. The Morgan fingerprint density at radius 3 is 2.57 bits per heavy atom. The maximum Gasteiger partial charge on any atom is 0.327 e. The van der Waals surface area contributed by atoms with Crippen molar-refractivity contribution in [1.82, 2.24) is 10.2 Å². The van der Waals surface area contributed by atoms with Gasteiger partial charge in [-0.2, -0.15) is 0 Å². The highest BCUT2D eigenvalue weighted by atomic mass is 16.5. The van der Waals surface area contributed by atoms with E-state index in [9.17, 15) is 14.4 Å². The molecule has 0 saturated carbocycles. The maximum atomic E-state index is 12.1. The van der Waals surface area contributed by atoms with Crippen LogP contribution in [0.2, 0.25) is 0 Å². The van der Waals surface area contributed by atoms with Crippen LogP contribution in [0.1, 0.15) is 24.9 Å².